The molecular weight excluding hydrogens is 538 g/mol. The number of nitriles is 1. The number of ether oxygens (including phenoxy) is 3. The Kier molecular flexibility index (Phi) is 9.69. The van der Waals surface area contributed by atoms with Crippen LogP contribution >= 0.6 is 15.9 Å². The van der Waals surface area contributed by atoms with Crippen molar-refractivity contribution in [2.75, 3.05) is 31.0 Å². The maximum atomic E-state index is 12.7. The molecule has 0 aromatic heterocycles. The fourth-order valence-electron chi connectivity index (χ4n) is 3.34. The summed E-state index contributed by atoms with van der Waals surface area (Å²) in [7, 11) is 1.46. The number of benzene rings is 3. The molecule has 0 bridgehead atoms. The molecule has 0 saturated carbocycles. The molecule has 0 heterocycles. The molecule has 0 atom stereocenters. The molecule has 0 aliphatic rings. The van der Waals surface area contributed by atoms with Crippen LogP contribution in [-0.4, -0.2) is 32.1 Å². The number of halogens is 1. The van der Waals surface area contributed by atoms with Gasteiger partial charge in [-0.05, 0) is 95.5 Å². The Balaban J connectivity index is 1.71. The minimum absolute atomic E-state index is 0.103. The van der Waals surface area contributed by atoms with E-state index in [9.17, 15) is 14.9 Å². The third-order valence-electron chi connectivity index (χ3n) is 5.00. The van der Waals surface area contributed by atoms with E-state index in [2.05, 4.69) is 26.6 Å². The Hall–Kier alpha value is -4.29. The van der Waals surface area contributed by atoms with Crippen molar-refractivity contribution in [1.29, 1.82) is 5.26 Å². The highest BCUT2D eigenvalue weighted by atomic mass is 79.9. The van der Waals surface area contributed by atoms with E-state index in [0.29, 0.717) is 45.3 Å². The van der Waals surface area contributed by atoms with E-state index in [-0.39, 0.29) is 18.1 Å². The average Bonchev–Trinajstić information content (AvgIpc) is 2.87. The molecule has 9 heteroatoms. The van der Waals surface area contributed by atoms with Crippen molar-refractivity contribution in [3.05, 3.63) is 81.8 Å². The number of hydrogen-bond acceptors (Lipinski definition) is 6. The van der Waals surface area contributed by atoms with Gasteiger partial charge in [-0.15, -0.1) is 0 Å². The summed E-state index contributed by atoms with van der Waals surface area (Å²) >= 11 is 3.43. The van der Waals surface area contributed by atoms with Crippen LogP contribution in [0.1, 0.15) is 18.1 Å². The predicted molar refractivity (Wildman–Crippen MR) is 146 cm³/mol. The molecule has 2 amide bonds. The first-order valence-electron chi connectivity index (χ1n) is 11.4. The molecular formula is C28H26BrN3O5. The van der Waals surface area contributed by atoms with Gasteiger partial charge in [-0.2, -0.15) is 5.26 Å². The van der Waals surface area contributed by atoms with Gasteiger partial charge in [-0.3, -0.25) is 9.59 Å². The van der Waals surface area contributed by atoms with Gasteiger partial charge >= 0.3 is 0 Å². The highest BCUT2D eigenvalue weighted by Crippen LogP contribution is 2.37. The first-order valence-corrected chi connectivity index (χ1v) is 12.1. The van der Waals surface area contributed by atoms with Crippen molar-refractivity contribution in [3.8, 4) is 23.3 Å². The number of aryl methyl sites for hydroxylation is 1. The smallest absolute Gasteiger partial charge is 0.266 e. The van der Waals surface area contributed by atoms with Crippen LogP contribution in [0.2, 0.25) is 0 Å². The van der Waals surface area contributed by atoms with Gasteiger partial charge in [0.2, 0.25) is 0 Å². The highest BCUT2D eigenvalue weighted by molar-refractivity contribution is 9.10. The van der Waals surface area contributed by atoms with E-state index in [4.69, 9.17) is 14.2 Å². The Bertz CT molecular complexity index is 1350. The number of amides is 2. The number of hydrogen-bond donors (Lipinski definition) is 2. The summed E-state index contributed by atoms with van der Waals surface area (Å²) in [6.45, 7) is 4.11. The van der Waals surface area contributed by atoms with Gasteiger partial charge in [-0.1, -0.05) is 12.1 Å². The normalized spacial score (nSPS) is 10.7. The van der Waals surface area contributed by atoms with Crippen molar-refractivity contribution >= 4 is 45.2 Å². The van der Waals surface area contributed by atoms with Gasteiger partial charge in [0, 0.05) is 11.4 Å². The minimum Gasteiger partial charge on any atom is -0.494 e. The van der Waals surface area contributed by atoms with Gasteiger partial charge in [0.1, 0.15) is 17.4 Å². The number of carbonyl (C=O) groups excluding carboxylic acids is 2. The van der Waals surface area contributed by atoms with Crippen LogP contribution in [0.4, 0.5) is 11.4 Å². The lowest BCUT2D eigenvalue weighted by Gasteiger charge is -2.14. The molecule has 37 heavy (non-hydrogen) atoms. The first kappa shape index (κ1) is 27.3. The molecule has 190 valence electrons. The summed E-state index contributed by atoms with van der Waals surface area (Å²) in [6.07, 6.45) is 1.44. The molecule has 8 nitrogen and oxygen atoms in total. The molecule has 0 radical (unpaired) electrons. The number of rotatable bonds is 10. The fraction of sp³-hybridized carbons (Fsp3) is 0.179. The molecule has 3 aromatic carbocycles. The molecule has 3 aromatic rings. The maximum Gasteiger partial charge on any atom is 0.266 e. The van der Waals surface area contributed by atoms with Crippen LogP contribution in [0.3, 0.4) is 0 Å². The van der Waals surface area contributed by atoms with Crippen LogP contribution in [-0.2, 0) is 9.59 Å². The zero-order valence-electron chi connectivity index (χ0n) is 20.6. The van der Waals surface area contributed by atoms with Crippen molar-refractivity contribution in [3.63, 3.8) is 0 Å². The third kappa shape index (κ3) is 7.85. The molecule has 2 N–H and O–H groups in total. The van der Waals surface area contributed by atoms with Crippen molar-refractivity contribution in [1.82, 2.24) is 0 Å². The van der Waals surface area contributed by atoms with Crippen LogP contribution in [0.5, 0.6) is 17.2 Å². The van der Waals surface area contributed by atoms with Gasteiger partial charge in [-0.25, -0.2) is 0 Å². The molecule has 0 fully saturated rings. The third-order valence-corrected chi connectivity index (χ3v) is 5.59. The molecule has 0 aliphatic heterocycles. The second kappa shape index (κ2) is 13.1. The van der Waals surface area contributed by atoms with E-state index in [0.717, 1.165) is 5.56 Å². The summed E-state index contributed by atoms with van der Waals surface area (Å²) in [5.41, 5.74) is 2.65. The summed E-state index contributed by atoms with van der Waals surface area (Å²) in [5.74, 6) is 0.434. The second-order valence-electron chi connectivity index (χ2n) is 7.82. The number of carbonyl (C=O) groups is 2. The zero-order valence-corrected chi connectivity index (χ0v) is 22.2. The largest absolute Gasteiger partial charge is 0.494 e. The first-order chi connectivity index (χ1) is 17.8. The van der Waals surface area contributed by atoms with E-state index in [1.54, 1.807) is 42.5 Å². The predicted octanol–water partition coefficient (Wildman–Crippen LogP) is 5.73. The maximum absolute atomic E-state index is 12.7. The Morgan fingerprint density at radius 2 is 1.78 bits per heavy atom. The zero-order chi connectivity index (χ0) is 26.8. The Morgan fingerprint density at radius 3 is 2.43 bits per heavy atom. The molecule has 0 unspecified atom stereocenters. The van der Waals surface area contributed by atoms with Crippen LogP contribution < -0.4 is 24.8 Å². The SMILES string of the molecule is CCOc1ccc(NC(=O)/C(C#N)=C/c2cc(Br)c(OCC(=O)Nc3cccc(C)c3)c(OC)c2)cc1. The van der Waals surface area contributed by atoms with Crippen LogP contribution in [0.15, 0.2) is 70.7 Å². The van der Waals surface area contributed by atoms with Gasteiger partial charge in [0.25, 0.3) is 11.8 Å². The van der Waals surface area contributed by atoms with Crippen molar-refractivity contribution in [2.45, 2.75) is 13.8 Å². The number of nitrogens with zero attached hydrogens (tertiary/aromatic N) is 1. The lowest BCUT2D eigenvalue weighted by molar-refractivity contribution is -0.118. The highest BCUT2D eigenvalue weighted by Gasteiger charge is 2.15. The van der Waals surface area contributed by atoms with Gasteiger partial charge in [0.15, 0.2) is 18.1 Å². The monoisotopic (exact) mass is 563 g/mol. The molecule has 0 aliphatic carbocycles. The second-order valence-corrected chi connectivity index (χ2v) is 8.68. The number of nitrogens with one attached hydrogen (secondary N) is 2. The van der Waals surface area contributed by atoms with E-state index in [1.807, 2.05) is 38.1 Å². The average molecular weight is 564 g/mol. The summed E-state index contributed by atoms with van der Waals surface area (Å²) in [4.78, 5) is 25.0. The molecule has 0 saturated heterocycles. The Labute approximate surface area is 224 Å². The van der Waals surface area contributed by atoms with Crippen LogP contribution in [0.25, 0.3) is 6.08 Å². The minimum atomic E-state index is -0.560. The quantitative estimate of drug-likeness (QED) is 0.241. The van der Waals surface area contributed by atoms with Crippen LogP contribution in [0, 0.1) is 18.3 Å². The number of methoxy groups -OCH3 is 1. The summed E-state index contributed by atoms with van der Waals surface area (Å²) in [6, 6.07) is 19.5. The molecule has 3 rings (SSSR count). The molecule has 0 spiro atoms. The lowest BCUT2D eigenvalue weighted by atomic mass is 10.1. The van der Waals surface area contributed by atoms with E-state index in [1.165, 1.54) is 13.2 Å². The topological polar surface area (TPSA) is 110 Å². The Morgan fingerprint density at radius 1 is 1.03 bits per heavy atom. The van der Waals surface area contributed by atoms with Crippen molar-refractivity contribution < 1.29 is 23.8 Å². The number of anilines is 2. The van der Waals surface area contributed by atoms with E-state index >= 15 is 0 Å². The summed E-state index contributed by atoms with van der Waals surface area (Å²) in [5, 5.41) is 15.0. The van der Waals surface area contributed by atoms with E-state index < -0.39 is 5.91 Å². The van der Waals surface area contributed by atoms with Gasteiger partial charge in [0.05, 0.1) is 18.2 Å². The standard InChI is InChI=1S/C28H26BrN3O5/c1-4-36-23-10-8-21(9-11-23)32-28(34)20(16-30)13-19-14-24(29)27(25(15-19)35-3)37-17-26(33)31-22-7-5-6-18(2)12-22/h5-15H,4,17H2,1-3H3,(H,31,33)(H,32,34)/b20-13+. The fourth-order valence-corrected chi connectivity index (χ4v) is 3.91. The lowest BCUT2D eigenvalue weighted by Crippen LogP contribution is -2.20. The van der Waals surface area contributed by atoms with Crippen molar-refractivity contribution in [2.24, 2.45) is 0 Å². The van der Waals surface area contributed by atoms with Gasteiger partial charge < -0.3 is 24.8 Å². The summed E-state index contributed by atoms with van der Waals surface area (Å²) < 4.78 is 17.0.